The second-order valence-electron chi connectivity index (χ2n) is 9.02. The zero-order valence-corrected chi connectivity index (χ0v) is 19.0. The zero-order chi connectivity index (χ0) is 22.8. The molecule has 0 aromatic heterocycles. The van der Waals surface area contributed by atoms with E-state index in [1.165, 1.54) is 0 Å². The van der Waals surface area contributed by atoms with Crippen molar-refractivity contribution in [2.24, 2.45) is 11.0 Å². The van der Waals surface area contributed by atoms with Gasteiger partial charge in [-0.05, 0) is 36.1 Å². The van der Waals surface area contributed by atoms with Crippen molar-refractivity contribution in [2.45, 2.75) is 25.3 Å². The van der Waals surface area contributed by atoms with Crippen molar-refractivity contribution in [3.8, 4) is 5.75 Å². The second kappa shape index (κ2) is 9.35. The molecule has 33 heavy (non-hydrogen) atoms. The molecule has 2 aromatic carbocycles. The lowest BCUT2D eigenvalue weighted by atomic mass is 9.98. The SMILES string of the molecule is COc1ccc([C@H]2CC(c3ccccc3)=NN2C(=O)CN2CCN(C(=O)C3CC3)CC2)cc1. The van der Waals surface area contributed by atoms with Crippen molar-refractivity contribution in [1.82, 2.24) is 14.8 Å². The zero-order valence-electron chi connectivity index (χ0n) is 19.0. The third-order valence-electron chi connectivity index (χ3n) is 6.74. The molecule has 0 unspecified atom stereocenters. The predicted molar refractivity (Wildman–Crippen MR) is 126 cm³/mol. The highest BCUT2D eigenvalue weighted by molar-refractivity contribution is 6.03. The smallest absolute Gasteiger partial charge is 0.257 e. The van der Waals surface area contributed by atoms with E-state index in [9.17, 15) is 9.59 Å². The van der Waals surface area contributed by atoms with E-state index in [4.69, 9.17) is 9.84 Å². The number of piperazine rings is 1. The fraction of sp³-hybridized carbons (Fsp3) is 0.423. The standard InChI is InChI=1S/C26H30N4O3/c1-33-22-11-9-20(10-12-22)24-17-23(19-5-3-2-4-6-19)27-30(24)25(31)18-28-13-15-29(16-14-28)26(32)21-7-8-21/h2-6,9-12,21,24H,7-8,13-18H2,1H3/t24-/m1/s1. The molecule has 2 amide bonds. The number of hydrogen-bond acceptors (Lipinski definition) is 5. The van der Waals surface area contributed by atoms with Gasteiger partial charge in [0.25, 0.3) is 5.91 Å². The van der Waals surface area contributed by atoms with Gasteiger partial charge in [0, 0.05) is 38.5 Å². The molecule has 0 N–H and O–H groups in total. The number of ether oxygens (including phenoxy) is 1. The van der Waals surface area contributed by atoms with Gasteiger partial charge in [0.05, 0.1) is 25.4 Å². The highest BCUT2D eigenvalue weighted by atomic mass is 16.5. The molecule has 1 atom stereocenters. The number of carbonyl (C=O) groups excluding carboxylic acids is 2. The first kappa shape index (κ1) is 21.6. The fourth-order valence-electron chi connectivity index (χ4n) is 4.61. The van der Waals surface area contributed by atoms with Crippen LogP contribution in [-0.2, 0) is 9.59 Å². The van der Waals surface area contributed by atoms with Gasteiger partial charge in [-0.25, -0.2) is 5.01 Å². The van der Waals surface area contributed by atoms with E-state index in [1.54, 1.807) is 12.1 Å². The van der Waals surface area contributed by atoms with Gasteiger partial charge in [-0.1, -0.05) is 42.5 Å². The van der Waals surface area contributed by atoms with Crippen LogP contribution < -0.4 is 4.74 Å². The molecule has 5 rings (SSSR count). The second-order valence-corrected chi connectivity index (χ2v) is 9.02. The van der Waals surface area contributed by atoms with Crippen molar-refractivity contribution in [1.29, 1.82) is 0 Å². The average molecular weight is 447 g/mol. The molecule has 0 radical (unpaired) electrons. The summed E-state index contributed by atoms with van der Waals surface area (Å²) in [5.41, 5.74) is 3.00. The molecule has 2 aromatic rings. The topological polar surface area (TPSA) is 65.5 Å². The largest absolute Gasteiger partial charge is 0.497 e. The molecule has 3 aliphatic rings. The van der Waals surface area contributed by atoms with Crippen LogP contribution >= 0.6 is 0 Å². The highest BCUT2D eigenvalue weighted by Gasteiger charge is 2.36. The quantitative estimate of drug-likeness (QED) is 0.685. The molecule has 1 saturated carbocycles. The van der Waals surface area contributed by atoms with Crippen LogP contribution in [0.15, 0.2) is 59.7 Å². The van der Waals surface area contributed by atoms with Crippen molar-refractivity contribution in [3.63, 3.8) is 0 Å². The van der Waals surface area contributed by atoms with Gasteiger partial charge in [0.1, 0.15) is 5.75 Å². The molecule has 1 aliphatic carbocycles. The van der Waals surface area contributed by atoms with Gasteiger partial charge in [-0.2, -0.15) is 5.10 Å². The van der Waals surface area contributed by atoms with E-state index >= 15 is 0 Å². The number of rotatable bonds is 6. The number of amides is 2. The van der Waals surface area contributed by atoms with E-state index < -0.39 is 0 Å². The first-order chi connectivity index (χ1) is 16.1. The van der Waals surface area contributed by atoms with Gasteiger partial charge in [0.15, 0.2) is 0 Å². The predicted octanol–water partition coefficient (Wildman–Crippen LogP) is 2.93. The Morgan fingerprint density at radius 2 is 1.67 bits per heavy atom. The lowest BCUT2D eigenvalue weighted by Crippen LogP contribution is -2.51. The number of hydrogen-bond donors (Lipinski definition) is 0. The molecule has 2 heterocycles. The first-order valence-corrected chi connectivity index (χ1v) is 11.7. The number of methoxy groups -OCH3 is 1. The summed E-state index contributed by atoms with van der Waals surface area (Å²) >= 11 is 0. The number of nitrogens with zero attached hydrogens (tertiary/aromatic N) is 4. The van der Waals surface area contributed by atoms with Crippen LogP contribution in [-0.4, -0.2) is 72.2 Å². The Morgan fingerprint density at radius 1 is 0.970 bits per heavy atom. The van der Waals surface area contributed by atoms with E-state index in [1.807, 2.05) is 59.5 Å². The molecule has 1 saturated heterocycles. The molecule has 0 spiro atoms. The number of benzene rings is 2. The minimum atomic E-state index is -0.142. The summed E-state index contributed by atoms with van der Waals surface area (Å²) in [7, 11) is 1.65. The number of hydrazone groups is 1. The molecule has 2 aliphatic heterocycles. The van der Waals surface area contributed by atoms with Crippen LogP contribution in [0.25, 0.3) is 0 Å². The van der Waals surface area contributed by atoms with Crippen LogP contribution in [0.3, 0.4) is 0 Å². The van der Waals surface area contributed by atoms with Crippen molar-refractivity contribution < 1.29 is 14.3 Å². The Hall–Kier alpha value is -3.19. The van der Waals surface area contributed by atoms with Crippen molar-refractivity contribution >= 4 is 17.5 Å². The van der Waals surface area contributed by atoms with Crippen molar-refractivity contribution in [3.05, 3.63) is 65.7 Å². The maximum Gasteiger partial charge on any atom is 0.257 e. The molecule has 172 valence electrons. The molecule has 2 fully saturated rings. The van der Waals surface area contributed by atoms with E-state index in [0.717, 1.165) is 48.5 Å². The van der Waals surface area contributed by atoms with Crippen LogP contribution in [0.1, 0.15) is 36.4 Å². The van der Waals surface area contributed by atoms with Crippen LogP contribution in [0.4, 0.5) is 0 Å². The molecule has 0 bridgehead atoms. The van der Waals surface area contributed by atoms with Gasteiger partial charge in [0.2, 0.25) is 5.91 Å². The van der Waals surface area contributed by atoms with Gasteiger partial charge >= 0.3 is 0 Å². The summed E-state index contributed by atoms with van der Waals surface area (Å²) < 4.78 is 5.30. The van der Waals surface area contributed by atoms with Crippen LogP contribution in [0, 0.1) is 5.92 Å². The van der Waals surface area contributed by atoms with Crippen LogP contribution in [0.2, 0.25) is 0 Å². The van der Waals surface area contributed by atoms with Crippen LogP contribution in [0.5, 0.6) is 5.75 Å². The summed E-state index contributed by atoms with van der Waals surface area (Å²) in [6, 6.07) is 17.8. The fourth-order valence-corrected chi connectivity index (χ4v) is 4.61. The third-order valence-corrected chi connectivity index (χ3v) is 6.74. The highest BCUT2D eigenvalue weighted by Crippen LogP contribution is 2.34. The van der Waals surface area contributed by atoms with E-state index in [0.29, 0.717) is 26.1 Å². The normalized spacial score (nSPS) is 21.1. The third kappa shape index (κ3) is 4.78. The summed E-state index contributed by atoms with van der Waals surface area (Å²) in [6.07, 6.45) is 2.73. The lowest BCUT2D eigenvalue weighted by Gasteiger charge is -2.35. The van der Waals surface area contributed by atoms with Crippen molar-refractivity contribution in [2.75, 3.05) is 39.8 Å². The minimum Gasteiger partial charge on any atom is -0.497 e. The average Bonchev–Trinajstić information content (AvgIpc) is 3.62. The van der Waals surface area contributed by atoms with Gasteiger partial charge < -0.3 is 9.64 Å². The summed E-state index contributed by atoms with van der Waals surface area (Å²) in [6.45, 7) is 3.15. The molecular weight excluding hydrogens is 416 g/mol. The van der Waals surface area contributed by atoms with Gasteiger partial charge in [-0.3, -0.25) is 14.5 Å². The Kier molecular flexibility index (Phi) is 6.13. The summed E-state index contributed by atoms with van der Waals surface area (Å²) in [4.78, 5) is 29.8. The Balaban J connectivity index is 1.29. The monoisotopic (exact) mass is 446 g/mol. The van der Waals surface area contributed by atoms with E-state index in [-0.39, 0.29) is 23.8 Å². The summed E-state index contributed by atoms with van der Waals surface area (Å²) in [5.74, 6) is 1.32. The minimum absolute atomic E-state index is 0.0104. The lowest BCUT2D eigenvalue weighted by molar-refractivity contribution is -0.136. The van der Waals surface area contributed by atoms with Gasteiger partial charge in [-0.15, -0.1) is 0 Å². The molecular formula is C26H30N4O3. The first-order valence-electron chi connectivity index (χ1n) is 11.7. The Morgan fingerprint density at radius 3 is 2.30 bits per heavy atom. The summed E-state index contributed by atoms with van der Waals surface area (Å²) in [5, 5.41) is 6.44. The Labute approximate surface area is 194 Å². The molecule has 7 heteroatoms. The maximum absolute atomic E-state index is 13.4. The molecule has 7 nitrogen and oxygen atoms in total. The maximum atomic E-state index is 13.4. The Bertz CT molecular complexity index is 1030. The van der Waals surface area contributed by atoms with E-state index in [2.05, 4.69) is 4.90 Å². The number of carbonyl (C=O) groups is 2.